The standard InChI is InChI=1S/C6H8O2S2/c1-3-5(9)8-4(2)6(10)7-3/h3-4H,1-2H3/t3-,4-/m1/s1. The monoisotopic (exact) mass is 176 g/mol. The van der Waals surface area contributed by atoms with E-state index in [1.165, 1.54) is 0 Å². The van der Waals surface area contributed by atoms with Crippen molar-refractivity contribution in [3.05, 3.63) is 0 Å². The van der Waals surface area contributed by atoms with E-state index in [9.17, 15) is 0 Å². The number of hydrogen-bond donors (Lipinski definition) is 0. The maximum Gasteiger partial charge on any atom is 0.201 e. The Kier molecular flexibility index (Phi) is 2.21. The second-order valence-corrected chi connectivity index (χ2v) is 2.96. The van der Waals surface area contributed by atoms with Crippen molar-refractivity contribution in [3.63, 3.8) is 0 Å². The van der Waals surface area contributed by atoms with Crippen molar-refractivity contribution in [2.45, 2.75) is 26.1 Å². The highest BCUT2D eigenvalue weighted by molar-refractivity contribution is 7.80. The molecule has 4 heteroatoms. The second kappa shape index (κ2) is 2.80. The summed E-state index contributed by atoms with van der Waals surface area (Å²) in [5.74, 6) is 0. The van der Waals surface area contributed by atoms with Gasteiger partial charge in [0.1, 0.15) is 0 Å². The summed E-state index contributed by atoms with van der Waals surface area (Å²) in [6.07, 6.45) is -0.336. The normalized spacial score (nSPS) is 33.0. The van der Waals surface area contributed by atoms with E-state index < -0.39 is 0 Å². The van der Waals surface area contributed by atoms with Crippen molar-refractivity contribution >= 4 is 34.5 Å². The van der Waals surface area contributed by atoms with Crippen LogP contribution in [0.3, 0.4) is 0 Å². The first-order chi connectivity index (χ1) is 4.61. The predicted octanol–water partition coefficient (Wildman–Crippen LogP) is 1.47. The first-order valence-electron chi connectivity index (χ1n) is 3.02. The first-order valence-corrected chi connectivity index (χ1v) is 3.84. The molecule has 0 aromatic carbocycles. The van der Waals surface area contributed by atoms with Gasteiger partial charge >= 0.3 is 0 Å². The molecule has 56 valence electrons. The molecule has 2 atom stereocenters. The van der Waals surface area contributed by atoms with E-state index in [0.717, 1.165) is 0 Å². The molecule has 0 amide bonds. The Morgan fingerprint density at radius 1 is 1.00 bits per heavy atom. The summed E-state index contributed by atoms with van der Waals surface area (Å²) in [5.41, 5.74) is 0. The summed E-state index contributed by atoms with van der Waals surface area (Å²) in [6, 6.07) is 0. The zero-order valence-electron chi connectivity index (χ0n) is 5.79. The fourth-order valence-corrected chi connectivity index (χ4v) is 1.02. The lowest BCUT2D eigenvalue weighted by atomic mass is 10.3. The minimum Gasteiger partial charge on any atom is -0.472 e. The fourth-order valence-electron chi connectivity index (χ4n) is 0.636. The van der Waals surface area contributed by atoms with Crippen LogP contribution in [0.4, 0.5) is 0 Å². The van der Waals surface area contributed by atoms with E-state index in [-0.39, 0.29) is 12.2 Å². The van der Waals surface area contributed by atoms with Gasteiger partial charge in [-0.3, -0.25) is 0 Å². The maximum atomic E-state index is 5.18. The van der Waals surface area contributed by atoms with Crippen LogP contribution in [-0.4, -0.2) is 22.3 Å². The molecule has 0 aromatic rings. The third kappa shape index (κ3) is 1.44. The molecule has 1 aliphatic heterocycles. The molecule has 1 fully saturated rings. The Balaban J connectivity index is 2.63. The van der Waals surface area contributed by atoms with E-state index in [2.05, 4.69) is 0 Å². The molecule has 0 unspecified atom stereocenters. The lowest BCUT2D eigenvalue weighted by Crippen LogP contribution is -2.39. The third-order valence-corrected chi connectivity index (χ3v) is 2.11. The van der Waals surface area contributed by atoms with Gasteiger partial charge in [-0.05, 0) is 38.3 Å². The quantitative estimate of drug-likeness (QED) is 0.520. The average Bonchev–Trinajstić information content (AvgIpc) is 1.84. The van der Waals surface area contributed by atoms with Crippen LogP contribution in [0.5, 0.6) is 0 Å². The van der Waals surface area contributed by atoms with E-state index in [0.29, 0.717) is 10.1 Å². The molecule has 0 aliphatic carbocycles. The van der Waals surface area contributed by atoms with E-state index in [1.54, 1.807) is 0 Å². The third-order valence-electron chi connectivity index (χ3n) is 1.25. The van der Waals surface area contributed by atoms with Crippen LogP contribution in [0.15, 0.2) is 0 Å². The summed E-state index contributed by atoms with van der Waals surface area (Å²) in [4.78, 5) is 0. The van der Waals surface area contributed by atoms with Crippen molar-refractivity contribution in [2.24, 2.45) is 0 Å². The number of thiocarbonyl (C=S) groups is 2. The molecule has 1 rings (SSSR count). The SMILES string of the molecule is C[C@H]1OC(=S)[C@@H](C)OC1=S. The van der Waals surface area contributed by atoms with Crippen molar-refractivity contribution in [1.82, 2.24) is 0 Å². The summed E-state index contributed by atoms with van der Waals surface area (Å²) in [5, 5.41) is 0.974. The van der Waals surface area contributed by atoms with Gasteiger partial charge in [0.15, 0.2) is 12.2 Å². The molecular weight excluding hydrogens is 168 g/mol. The van der Waals surface area contributed by atoms with Crippen LogP contribution < -0.4 is 0 Å². The van der Waals surface area contributed by atoms with Crippen LogP contribution >= 0.6 is 24.4 Å². The molecule has 0 spiro atoms. The van der Waals surface area contributed by atoms with Crippen LogP contribution in [0.1, 0.15) is 13.8 Å². The zero-order chi connectivity index (χ0) is 7.72. The van der Waals surface area contributed by atoms with Gasteiger partial charge in [0.2, 0.25) is 10.1 Å². The van der Waals surface area contributed by atoms with Gasteiger partial charge in [-0.2, -0.15) is 0 Å². The van der Waals surface area contributed by atoms with E-state index in [1.807, 2.05) is 13.8 Å². The molecule has 10 heavy (non-hydrogen) atoms. The fraction of sp³-hybridized carbons (Fsp3) is 0.667. The topological polar surface area (TPSA) is 18.5 Å². The summed E-state index contributed by atoms with van der Waals surface area (Å²) >= 11 is 9.70. The second-order valence-electron chi connectivity index (χ2n) is 2.16. The van der Waals surface area contributed by atoms with Gasteiger partial charge in [-0.1, -0.05) is 0 Å². The molecule has 0 bridgehead atoms. The molecular formula is C6H8O2S2. The summed E-state index contributed by atoms with van der Waals surface area (Å²) in [6.45, 7) is 3.64. The van der Waals surface area contributed by atoms with Crippen molar-refractivity contribution in [2.75, 3.05) is 0 Å². The zero-order valence-corrected chi connectivity index (χ0v) is 7.42. The molecule has 0 N–H and O–H groups in total. The Labute approximate surface area is 70.5 Å². The van der Waals surface area contributed by atoms with Crippen molar-refractivity contribution < 1.29 is 9.47 Å². The summed E-state index contributed by atoms with van der Waals surface area (Å²) in [7, 11) is 0. The predicted molar refractivity (Wildman–Crippen MR) is 46.3 cm³/mol. The lowest BCUT2D eigenvalue weighted by Gasteiger charge is -2.27. The Morgan fingerprint density at radius 2 is 1.30 bits per heavy atom. The molecule has 2 nitrogen and oxygen atoms in total. The van der Waals surface area contributed by atoms with Crippen molar-refractivity contribution in [1.29, 1.82) is 0 Å². The minimum atomic E-state index is -0.168. The van der Waals surface area contributed by atoms with Crippen LogP contribution in [0, 0.1) is 0 Å². The minimum absolute atomic E-state index is 0.168. The Morgan fingerprint density at radius 3 is 1.60 bits per heavy atom. The van der Waals surface area contributed by atoms with E-state index in [4.69, 9.17) is 33.9 Å². The number of rotatable bonds is 0. The molecule has 0 radical (unpaired) electrons. The Bertz CT molecular complexity index is 159. The van der Waals surface area contributed by atoms with Gasteiger partial charge in [0.05, 0.1) is 0 Å². The number of ether oxygens (including phenoxy) is 2. The van der Waals surface area contributed by atoms with Gasteiger partial charge in [-0.15, -0.1) is 0 Å². The van der Waals surface area contributed by atoms with E-state index >= 15 is 0 Å². The summed E-state index contributed by atoms with van der Waals surface area (Å²) < 4.78 is 10.4. The molecule has 0 saturated carbocycles. The van der Waals surface area contributed by atoms with Gasteiger partial charge in [0, 0.05) is 0 Å². The van der Waals surface area contributed by atoms with Crippen LogP contribution in [0.2, 0.25) is 0 Å². The van der Waals surface area contributed by atoms with Gasteiger partial charge < -0.3 is 9.47 Å². The highest BCUT2D eigenvalue weighted by atomic mass is 32.1. The number of hydrogen-bond acceptors (Lipinski definition) is 4. The average molecular weight is 176 g/mol. The van der Waals surface area contributed by atoms with Gasteiger partial charge in [0.25, 0.3) is 0 Å². The van der Waals surface area contributed by atoms with Gasteiger partial charge in [-0.25, -0.2) is 0 Å². The maximum absolute atomic E-state index is 5.18. The molecule has 1 heterocycles. The first kappa shape index (κ1) is 7.88. The highest BCUT2D eigenvalue weighted by Gasteiger charge is 2.26. The molecule has 1 saturated heterocycles. The van der Waals surface area contributed by atoms with Crippen LogP contribution in [-0.2, 0) is 9.47 Å². The lowest BCUT2D eigenvalue weighted by molar-refractivity contribution is 0.135. The molecule has 1 aliphatic rings. The van der Waals surface area contributed by atoms with Crippen LogP contribution in [0.25, 0.3) is 0 Å². The smallest absolute Gasteiger partial charge is 0.201 e. The Hall–Kier alpha value is -0.220. The largest absolute Gasteiger partial charge is 0.472 e. The molecule has 0 aromatic heterocycles. The van der Waals surface area contributed by atoms with Crippen molar-refractivity contribution in [3.8, 4) is 0 Å². The highest BCUT2D eigenvalue weighted by Crippen LogP contribution is 2.11.